The van der Waals surface area contributed by atoms with Crippen molar-refractivity contribution in [2.75, 3.05) is 25.0 Å². The minimum atomic E-state index is -3.69. The predicted octanol–water partition coefficient (Wildman–Crippen LogP) is 3.12. The second-order valence-electron chi connectivity index (χ2n) is 6.76. The minimum Gasteiger partial charge on any atom is -0.312 e. The van der Waals surface area contributed by atoms with Gasteiger partial charge in [0.25, 0.3) is 0 Å². The number of sulfonamides is 1. The van der Waals surface area contributed by atoms with Crippen LogP contribution < -0.4 is 4.90 Å². The molecule has 1 amide bonds. The average molecular weight is 390 g/mol. The molecule has 2 aromatic carbocycles. The molecule has 1 heterocycles. The van der Waals surface area contributed by atoms with Gasteiger partial charge in [-0.25, -0.2) is 17.1 Å². The Balaban J connectivity index is 1.59. The first-order chi connectivity index (χ1) is 12.8. The fourth-order valence-corrected chi connectivity index (χ4v) is 4.61. The second-order valence-corrected chi connectivity index (χ2v) is 8.81. The zero-order valence-corrected chi connectivity index (χ0v) is 16.3. The third kappa shape index (κ3) is 4.04. The molecule has 0 N–H and O–H groups in total. The molecular weight excluding hydrogens is 367 g/mol. The van der Waals surface area contributed by atoms with Gasteiger partial charge in [0, 0.05) is 32.2 Å². The van der Waals surface area contributed by atoms with Crippen molar-refractivity contribution >= 4 is 21.6 Å². The summed E-state index contributed by atoms with van der Waals surface area (Å²) in [6.07, 6.45) is 1.55. The molecule has 0 radical (unpaired) electrons. The van der Waals surface area contributed by atoms with Crippen LogP contribution in [0.1, 0.15) is 24.0 Å². The molecule has 3 rings (SSSR count). The fourth-order valence-electron chi connectivity index (χ4n) is 3.40. The van der Waals surface area contributed by atoms with E-state index in [1.165, 1.54) is 29.0 Å². The molecule has 0 unspecified atom stereocenters. The summed E-state index contributed by atoms with van der Waals surface area (Å²) in [5, 5.41) is 0. The van der Waals surface area contributed by atoms with E-state index < -0.39 is 15.8 Å². The van der Waals surface area contributed by atoms with Gasteiger partial charge in [-0.15, -0.1) is 0 Å². The molecule has 0 bridgehead atoms. The van der Waals surface area contributed by atoms with E-state index in [0.29, 0.717) is 13.0 Å². The molecule has 144 valence electrons. The van der Waals surface area contributed by atoms with Crippen LogP contribution in [0, 0.1) is 12.7 Å². The number of halogens is 1. The number of carbonyl (C=O) groups is 1. The first-order valence-corrected chi connectivity index (χ1v) is 10.4. The number of benzene rings is 2. The summed E-state index contributed by atoms with van der Waals surface area (Å²) < 4.78 is 39.2. The van der Waals surface area contributed by atoms with Gasteiger partial charge >= 0.3 is 0 Å². The topological polar surface area (TPSA) is 57.7 Å². The van der Waals surface area contributed by atoms with Crippen molar-refractivity contribution < 1.29 is 17.6 Å². The zero-order valence-electron chi connectivity index (χ0n) is 15.5. The fraction of sp³-hybridized carbons (Fsp3) is 0.350. The molecule has 0 spiro atoms. The Labute approximate surface area is 159 Å². The van der Waals surface area contributed by atoms with Gasteiger partial charge in [0.15, 0.2) is 0 Å². The molecule has 0 saturated carbocycles. The number of rotatable bonds is 6. The van der Waals surface area contributed by atoms with E-state index >= 15 is 0 Å². The Morgan fingerprint density at radius 1 is 1.19 bits per heavy atom. The highest BCUT2D eigenvalue weighted by molar-refractivity contribution is 7.89. The van der Waals surface area contributed by atoms with Crippen molar-refractivity contribution in [3.63, 3.8) is 0 Å². The number of hydrogen-bond acceptors (Lipinski definition) is 3. The third-order valence-electron chi connectivity index (χ3n) is 4.88. The van der Waals surface area contributed by atoms with Crippen LogP contribution in [0.5, 0.6) is 0 Å². The molecule has 0 atom stereocenters. The van der Waals surface area contributed by atoms with Gasteiger partial charge in [-0.3, -0.25) is 4.79 Å². The number of anilines is 1. The van der Waals surface area contributed by atoms with Crippen LogP contribution in [-0.4, -0.2) is 38.8 Å². The second kappa shape index (κ2) is 7.78. The smallest absolute Gasteiger partial charge is 0.242 e. The van der Waals surface area contributed by atoms with Crippen molar-refractivity contribution in [3.05, 3.63) is 59.4 Å². The van der Waals surface area contributed by atoms with Crippen LogP contribution in [0.3, 0.4) is 0 Å². The average Bonchev–Trinajstić information content (AvgIpc) is 3.07. The molecule has 0 aromatic heterocycles. The van der Waals surface area contributed by atoms with Crippen molar-refractivity contribution in [1.29, 1.82) is 0 Å². The summed E-state index contributed by atoms with van der Waals surface area (Å²) in [5.41, 5.74) is 3.25. The molecule has 7 heteroatoms. The van der Waals surface area contributed by atoms with Crippen LogP contribution in [0.25, 0.3) is 0 Å². The summed E-state index contributed by atoms with van der Waals surface area (Å²) in [4.78, 5) is 14.5. The molecule has 27 heavy (non-hydrogen) atoms. The van der Waals surface area contributed by atoms with Crippen molar-refractivity contribution in [2.45, 2.75) is 31.1 Å². The molecular formula is C20H23FN2O3S. The number of carbonyl (C=O) groups excluding carboxylic acids is 1. The van der Waals surface area contributed by atoms with Crippen LogP contribution in [0.4, 0.5) is 10.1 Å². The molecule has 1 aliphatic heterocycles. The minimum absolute atomic E-state index is 0.00984. The quantitative estimate of drug-likeness (QED) is 0.761. The largest absolute Gasteiger partial charge is 0.312 e. The Hall–Kier alpha value is -2.25. The summed E-state index contributed by atoms with van der Waals surface area (Å²) in [7, 11) is -2.22. The summed E-state index contributed by atoms with van der Waals surface area (Å²) >= 11 is 0. The van der Waals surface area contributed by atoms with Gasteiger partial charge in [-0.1, -0.05) is 18.2 Å². The molecule has 1 aliphatic rings. The highest BCUT2D eigenvalue weighted by atomic mass is 32.2. The maximum atomic E-state index is 13.0. The number of aryl methyl sites for hydroxylation is 1. The van der Waals surface area contributed by atoms with Gasteiger partial charge in [-0.05, 0) is 55.2 Å². The van der Waals surface area contributed by atoms with Crippen LogP contribution in [-0.2, 0) is 21.2 Å². The molecule has 5 nitrogen and oxygen atoms in total. The Kier molecular flexibility index (Phi) is 5.62. The van der Waals surface area contributed by atoms with E-state index in [1.54, 1.807) is 4.90 Å². The normalized spacial score (nSPS) is 13.9. The van der Waals surface area contributed by atoms with Gasteiger partial charge in [0.1, 0.15) is 5.82 Å². The predicted molar refractivity (Wildman–Crippen MR) is 103 cm³/mol. The highest BCUT2D eigenvalue weighted by Crippen LogP contribution is 2.31. The van der Waals surface area contributed by atoms with E-state index in [2.05, 4.69) is 0 Å². The lowest BCUT2D eigenvalue weighted by Crippen LogP contribution is -2.32. The van der Waals surface area contributed by atoms with E-state index in [4.69, 9.17) is 0 Å². The zero-order chi connectivity index (χ0) is 19.6. The Morgan fingerprint density at radius 2 is 1.89 bits per heavy atom. The van der Waals surface area contributed by atoms with E-state index in [0.717, 1.165) is 29.8 Å². The summed E-state index contributed by atoms with van der Waals surface area (Å²) in [5.74, 6) is -0.473. The maximum absolute atomic E-state index is 13.0. The first kappa shape index (κ1) is 19.5. The van der Waals surface area contributed by atoms with E-state index in [9.17, 15) is 17.6 Å². The standard InChI is InChI=1S/C20H23FN2O3S/c1-15-5-3-6-16-12-14-23(20(15)16)19(24)7-4-13-22(2)27(25,26)18-10-8-17(21)9-11-18/h3,5-6,8-11H,4,7,12-14H2,1-2H3. The van der Waals surface area contributed by atoms with Gasteiger partial charge in [0.05, 0.1) is 4.90 Å². The lowest BCUT2D eigenvalue weighted by molar-refractivity contribution is -0.118. The van der Waals surface area contributed by atoms with Crippen LogP contribution in [0.2, 0.25) is 0 Å². The van der Waals surface area contributed by atoms with E-state index in [1.807, 2.05) is 25.1 Å². The molecule has 0 saturated heterocycles. The van der Waals surface area contributed by atoms with Gasteiger partial charge in [-0.2, -0.15) is 0 Å². The third-order valence-corrected chi connectivity index (χ3v) is 6.75. The molecule has 0 aliphatic carbocycles. The Morgan fingerprint density at radius 3 is 2.59 bits per heavy atom. The highest BCUT2D eigenvalue weighted by Gasteiger charge is 2.26. The van der Waals surface area contributed by atoms with Crippen molar-refractivity contribution in [3.8, 4) is 0 Å². The number of para-hydroxylation sites is 1. The molecule has 0 fully saturated rings. The first-order valence-electron chi connectivity index (χ1n) is 8.91. The monoisotopic (exact) mass is 390 g/mol. The lowest BCUT2D eigenvalue weighted by Gasteiger charge is -2.21. The molecule has 2 aromatic rings. The number of fused-ring (bicyclic) bond motifs is 1. The SMILES string of the molecule is Cc1cccc2c1N(C(=O)CCCN(C)S(=O)(=O)c1ccc(F)cc1)CC2. The van der Waals surface area contributed by atoms with Crippen LogP contribution >= 0.6 is 0 Å². The summed E-state index contributed by atoms with van der Waals surface area (Å²) in [6.45, 7) is 2.89. The van der Waals surface area contributed by atoms with E-state index in [-0.39, 0.29) is 23.8 Å². The maximum Gasteiger partial charge on any atom is 0.242 e. The number of hydrogen-bond donors (Lipinski definition) is 0. The lowest BCUT2D eigenvalue weighted by atomic mass is 10.1. The number of nitrogens with zero attached hydrogens (tertiary/aromatic N) is 2. The Bertz CT molecular complexity index is 942. The number of amides is 1. The van der Waals surface area contributed by atoms with Crippen molar-refractivity contribution in [2.24, 2.45) is 0 Å². The van der Waals surface area contributed by atoms with Crippen LogP contribution in [0.15, 0.2) is 47.4 Å². The summed E-state index contributed by atoms with van der Waals surface area (Å²) in [6, 6.07) is 10.8. The van der Waals surface area contributed by atoms with Gasteiger partial charge < -0.3 is 4.90 Å². The van der Waals surface area contributed by atoms with Gasteiger partial charge in [0.2, 0.25) is 15.9 Å². The van der Waals surface area contributed by atoms with Crippen molar-refractivity contribution in [1.82, 2.24) is 4.31 Å².